The van der Waals surface area contributed by atoms with Gasteiger partial charge >= 0.3 is 0 Å². The van der Waals surface area contributed by atoms with Crippen molar-refractivity contribution in [3.05, 3.63) is 52.9 Å². The van der Waals surface area contributed by atoms with Crippen molar-refractivity contribution in [1.29, 1.82) is 0 Å². The lowest BCUT2D eigenvalue weighted by atomic mass is 9.91. The monoisotopic (exact) mass is 523 g/mol. The topological polar surface area (TPSA) is 110 Å². The molecule has 3 aromatic rings. The first-order valence-electron chi connectivity index (χ1n) is 12.7. The molecule has 10 heteroatoms. The molecule has 1 saturated heterocycles. The molecule has 3 atom stereocenters. The van der Waals surface area contributed by atoms with Crippen molar-refractivity contribution in [3.8, 4) is 22.8 Å². The second-order valence-electron chi connectivity index (χ2n) is 9.61. The van der Waals surface area contributed by atoms with Gasteiger partial charge in [0.05, 0.1) is 47.6 Å². The molecule has 1 aliphatic carbocycles. The number of anilines is 2. The van der Waals surface area contributed by atoms with Gasteiger partial charge in [0.15, 0.2) is 5.75 Å². The number of rotatable bonds is 7. The van der Waals surface area contributed by atoms with Crippen molar-refractivity contribution in [2.24, 2.45) is 0 Å². The molecular weight excluding hydrogens is 494 g/mol. The zero-order chi connectivity index (χ0) is 25.4. The molecular formula is C27H30ClN5O4. The van der Waals surface area contributed by atoms with Crippen molar-refractivity contribution >= 4 is 28.9 Å². The van der Waals surface area contributed by atoms with Crippen molar-refractivity contribution in [2.75, 3.05) is 38.7 Å². The molecule has 4 N–H and O–H groups in total. The molecule has 9 nitrogen and oxygen atoms in total. The van der Waals surface area contributed by atoms with E-state index >= 15 is 0 Å². The molecule has 3 aliphatic rings. The van der Waals surface area contributed by atoms with Crippen LogP contribution in [0.2, 0.25) is 5.02 Å². The van der Waals surface area contributed by atoms with E-state index in [9.17, 15) is 4.79 Å². The number of para-hydroxylation sites is 1. The van der Waals surface area contributed by atoms with Crippen LogP contribution in [0.1, 0.15) is 41.2 Å². The van der Waals surface area contributed by atoms with Crippen LogP contribution in [0.3, 0.4) is 0 Å². The van der Waals surface area contributed by atoms with Crippen LogP contribution in [0.5, 0.6) is 11.5 Å². The van der Waals surface area contributed by atoms with Gasteiger partial charge in [0.25, 0.3) is 5.91 Å². The Kier molecular flexibility index (Phi) is 6.67. The summed E-state index contributed by atoms with van der Waals surface area (Å²) in [7, 11) is 1.58. The van der Waals surface area contributed by atoms with Crippen molar-refractivity contribution < 1.29 is 19.0 Å². The van der Waals surface area contributed by atoms with Gasteiger partial charge in [-0.25, -0.2) is 0 Å². The van der Waals surface area contributed by atoms with E-state index in [1.807, 2.05) is 18.2 Å². The Balaban J connectivity index is 1.44. The number of nitrogens with one attached hydrogen (secondary N) is 4. The van der Waals surface area contributed by atoms with E-state index in [1.54, 1.807) is 25.6 Å². The fraction of sp³-hybridized carbons (Fsp3) is 0.407. The van der Waals surface area contributed by atoms with E-state index in [2.05, 4.69) is 25.9 Å². The number of amides is 1. The fourth-order valence-corrected chi connectivity index (χ4v) is 5.89. The van der Waals surface area contributed by atoms with Gasteiger partial charge in [0.1, 0.15) is 18.5 Å². The fourth-order valence-electron chi connectivity index (χ4n) is 5.64. The number of hydrogen-bond donors (Lipinski definition) is 4. The number of pyridine rings is 1. The quantitative estimate of drug-likeness (QED) is 0.367. The van der Waals surface area contributed by atoms with E-state index in [0.717, 1.165) is 49.3 Å². The number of H-pyrrole nitrogens is 1. The zero-order valence-corrected chi connectivity index (χ0v) is 21.4. The van der Waals surface area contributed by atoms with Crippen LogP contribution >= 0.6 is 11.6 Å². The Morgan fingerprint density at radius 2 is 2.19 bits per heavy atom. The molecule has 0 bridgehead atoms. The summed E-state index contributed by atoms with van der Waals surface area (Å²) in [5, 5.41) is 10.5. The van der Waals surface area contributed by atoms with Crippen molar-refractivity contribution in [2.45, 2.75) is 37.3 Å². The highest BCUT2D eigenvalue weighted by Gasteiger charge is 2.41. The normalized spacial score (nSPS) is 22.6. The SMILES string of the molecule is COc1c(Cl)cccc1Nc1c(-c2ccncc2OC[C@@H]2CNCCO2)[nH]c2c1C(=O)N[C@@H]1CCC[C@H]21. The summed E-state index contributed by atoms with van der Waals surface area (Å²) in [5.41, 5.74) is 4.45. The number of aromatic amines is 1. The molecule has 2 aliphatic heterocycles. The Bertz CT molecular complexity index is 1310. The van der Waals surface area contributed by atoms with Crippen LogP contribution in [-0.4, -0.2) is 61.4 Å². The first-order chi connectivity index (χ1) is 18.1. The van der Waals surface area contributed by atoms with Gasteiger partial charge in [-0.1, -0.05) is 24.1 Å². The minimum absolute atomic E-state index is 0.0444. The lowest BCUT2D eigenvalue weighted by Gasteiger charge is -2.27. The number of hydrogen-bond acceptors (Lipinski definition) is 7. The molecule has 0 radical (unpaired) electrons. The number of fused-ring (bicyclic) bond motifs is 3. The van der Waals surface area contributed by atoms with Gasteiger partial charge in [-0.3, -0.25) is 9.78 Å². The molecule has 0 unspecified atom stereocenters. The Morgan fingerprint density at radius 3 is 3.03 bits per heavy atom. The summed E-state index contributed by atoms with van der Waals surface area (Å²) < 4.78 is 17.6. The van der Waals surface area contributed by atoms with Crippen LogP contribution in [0, 0.1) is 0 Å². The summed E-state index contributed by atoms with van der Waals surface area (Å²) in [5.74, 6) is 1.26. The van der Waals surface area contributed by atoms with Gasteiger partial charge in [-0.15, -0.1) is 0 Å². The second-order valence-corrected chi connectivity index (χ2v) is 10.0. The third-order valence-electron chi connectivity index (χ3n) is 7.37. The number of halogens is 1. The second kappa shape index (κ2) is 10.2. The molecule has 2 fully saturated rings. The van der Waals surface area contributed by atoms with E-state index in [4.69, 9.17) is 25.8 Å². The summed E-state index contributed by atoms with van der Waals surface area (Å²) in [4.78, 5) is 21.4. The maximum Gasteiger partial charge on any atom is 0.255 e. The minimum Gasteiger partial charge on any atom is -0.493 e. The molecule has 6 rings (SSSR count). The van der Waals surface area contributed by atoms with Crippen molar-refractivity contribution in [1.82, 2.24) is 20.6 Å². The zero-order valence-electron chi connectivity index (χ0n) is 20.6. The van der Waals surface area contributed by atoms with Crippen molar-refractivity contribution in [3.63, 3.8) is 0 Å². The Labute approximate surface area is 220 Å². The standard InChI is InChI=1S/C27H30ClN5O4/c1-35-26-18(28)5-3-7-20(26)31-25-22-23(16-4-2-6-19(16)32-27(22)34)33-24(25)17-8-9-29-13-21(17)37-14-15-12-30-10-11-36-15/h3,5,7-9,13,15-16,19,30-31,33H,2,4,6,10-12,14H2,1H3,(H,32,34)/t15-,16-,19+/m0/s1. The Hall–Kier alpha value is -3.27. The number of benzene rings is 1. The third kappa shape index (κ3) is 4.52. The number of aromatic nitrogens is 2. The van der Waals surface area contributed by atoms with Gasteiger partial charge < -0.3 is 35.1 Å². The molecule has 194 valence electrons. The lowest BCUT2D eigenvalue weighted by Crippen LogP contribution is -2.41. The smallest absolute Gasteiger partial charge is 0.255 e. The molecule has 1 aromatic carbocycles. The highest BCUT2D eigenvalue weighted by molar-refractivity contribution is 6.32. The average molecular weight is 524 g/mol. The first kappa shape index (κ1) is 24.1. The third-order valence-corrected chi connectivity index (χ3v) is 7.67. The lowest BCUT2D eigenvalue weighted by molar-refractivity contribution is 0.000245. The molecule has 0 spiro atoms. The van der Waals surface area contributed by atoms with Gasteiger partial charge in [-0.05, 0) is 31.0 Å². The van der Waals surface area contributed by atoms with Gasteiger partial charge in [0.2, 0.25) is 0 Å². The number of methoxy groups -OCH3 is 1. The average Bonchev–Trinajstić information content (AvgIpc) is 3.53. The summed E-state index contributed by atoms with van der Waals surface area (Å²) in [6.07, 6.45) is 6.46. The molecule has 37 heavy (non-hydrogen) atoms. The summed E-state index contributed by atoms with van der Waals surface area (Å²) in [6.45, 7) is 2.62. The number of ether oxygens (including phenoxy) is 3. The predicted molar refractivity (Wildman–Crippen MR) is 141 cm³/mol. The van der Waals surface area contributed by atoms with Crippen LogP contribution in [0.4, 0.5) is 11.4 Å². The van der Waals surface area contributed by atoms with E-state index in [1.165, 1.54) is 0 Å². The largest absolute Gasteiger partial charge is 0.493 e. The molecule has 1 amide bonds. The number of nitrogens with zero attached hydrogens (tertiary/aromatic N) is 1. The highest BCUT2D eigenvalue weighted by atomic mass is 35.5. The molecule has 1 saturated carbocycles. The van der Waals surface area contributed by atoms with Gasteiger partial charge in [-0.2, -0.15) is 0 Å². The van der Waals surface area contributed by atoms with E-state index in [0.29, 0.717) is 46.7 Å². The van der Waals surface area contributed by atoms with E-state index < -0.39 is 0 Å². The Morgan fingerprint density at radius 1 is 1.27 bits per heavy atom. The number of morpholine rings is 1. The molecule has 2 aromatic heterocycles. The summed E-state index contributed by atoms with van der Waals surface area (Å²) >= 11 is 6.41. The first-order valence-corrected chi connectivity index (χ1v) is 13.1. The summed E-state index contributed by atoms with van der Waals surface area (Å²) in [6, 6.07) is 7.54. The van der Waals surface area contributed by atoms with Crippen LogP contribution < -0.4 is 25.4 Å². The number of carbonyl (C=O) groups is 1. The predicted octanol–water partition coefficient (Wildman–Crippen LogP) is 4.23. The molecule has 4 heterocycles. The minimum atomic E-state index is -0.0950. The van der Waals surface area contributed by atoms with E-state index in [-0.39, 0.29) is 24.0 Å². The van der Waals surface area contributed by atoms with Crippen LogP contribution in [0.15, 0.2) is 36.7 Å². The van der Waals surface area contributed by atoms with Gasteiger partial charge in [0, 0.05) is 42.5 Å². The maximum absolute atomic E-state index is 13.4. The highest BCUT2D eigenvalue weighted by Crippen LogP contribution is 2.48. The van der Waals surface area contributed by atoms with Crippen LogP contribution in [-0.2, 0) is 4.74 Å². The van der Waals surface area contributed by atoms with Crippen LogP contribution in [0.25, 0.3) is 11.3 Å². The maximum atomic E-state index is 13.4. The number of carbonyl (C=O) groups excluding carboxylic acids is 1.